The van der Waals surface area contributed by atoms with E-state index in [0.29, 0.717) is 5.56 Å². The monoisotopic (exact) mass is 223 g/mol. The molecule has 0 heterocycles. The van der Waals surface area contributed by atoms with E-state index in [9.17, 15) is 17.4 Å². The van der Waals surface area contributed by atoms with Crippen LogP contribution in [0.3, 0.4) is 0 Å². The summed E-state index contributed by atoms with van der Waals surface area (Å²) in [6.45, 7) is 1.56. The van der Waals surface area contributed by atoms with Crippen LogP contribution in [-0.4, -0.2) is 9.72 Å². The normalized spacial score (nSPS) is 14.0. The van der Waals surface area contributed by atoms with Crippen LogP contribution in [0.4, 0.5) is 18.9 Å². The molecule has 0 bridgehead atoms. The number of anilines is 1. The number of hydrogen-bond donors (Lipinski definition) is 1. The molecule has 2 nitrogen and oxygen atoms in total. The number of benzene rings is 1. The molecule has 1 aromatic carbocycles. The topological polar surface area (TPSA) is 43.1 Å². The molecular weight excluding hydrogens is 215 g/mol. The summed E-state index contributed by atoms with van der Waals surface area (Å²) in [4.78, 5) is -0.377. The minimum Gasteiger partial charge on any atom is -0.398 e. The van der Waals surface area contributed by atoms with E-state index >= 15 is 0 Å². The van der Waals surface area contributed by atoms with E-state index in [2.05, 4.69) is 0 Å². The van der Waals surface area contributed by atoms with Gasteiger partial charge in [0.15, 0.2) is 10.8 Å². The second-order valence-electron chi connectivity index (χ2n) is 2.70. The largest absolute Gasteiger partial charge is 0.475 e. The molecule has 0 aliphatic heterocycles. The molecule has 14 heavy (non-hydrogen) atoms. The lowest BCUT2D eigenvalue weighted by Gasteiger charge is -2.09. The smallest absolute Gasteiger partial charge is 0.398 e. The molecule has 0 radical (unpaired) electrons. The van der Waals surface area contributed by atoms with E-state index in [4.69, 9.17) is 5.73 Å². The minimum atomic E-state index is -4.76. The van der Waals surface area contributed by atoms with Gasteiger partial charge in [-0.2, -0.15) is 13.2 Å². The number of nitrogen functional groups attached to an aromatic ring is 1. The molecule has 2 N–H and O–H groups in total. The summed E-state index contributed by atoms with van der Waals surface area (Å²) in [7, 11) is -3.05. The molecule has 0 saturated carbocycles. The number of para-hydroxylation sites is 1. The molecule has 0 spiro atoms. The summed E-state index contributed by atoms with van der Waals surface area (Å²) in [5.41, 5.74) is 1.04. The highest BCUT2D eigenvalue weighted by atomic mass is 32.2. The Morgan fingerprint density at radius 1 is 1.36 bits per heavy atom. The van der Waals surface area contributed by atoms with Crippen LogP contribution in [-0.2, 0) is 10.8 Å². The lowest BCUT2D eigenvalue weighted by Crippen LogP contribution is -2.17. The van der Waals surface area contributed by atoms with E-state index in [1.165, 1.54) is 6.07 Å². The zero-order valence-electron chi connectivity index (χ0n) is 7.26. The van der Waals surface area contributed by atoms with Gasteiger partial charge >= 0.3 is 5.51 Å². The highest BCUT2D eigenvalue weighted by Crippen LogP contribution is 2.30. The summed E-state index contributed by atoms with van der Waals surface area (Å²) >= 11 is 0. The second kappa shape index (κ2) is 3.61. The van der Waals surface area contributed by atoms with Crippen molar-refractivity contribution in [3.05, 3.63) is 23.8 Å². The molecule has 0 saturated heterocycles. The Labute approximate surface area is 81.4 Å². The maximum atomic E-state index is 12.1. The molecule has 1 atom stereocenters. The van der Waals surface area contributed by atoms with Crippen LogP contribution in [0.25, 0.3) is 0 Å². The van der Waals surface area contributed by atoms with Gasteiger partial charge < -0.3 is 5.73 Å². The summed E-state index contributed by atoms with van der Waals surface area (Å²) in [6, 6.07) is 4.07. The maximum absolute atomic E-state index is 12.1. The van der Waals surface area contributed by atoms with Gasteiger partial charge in [0.25, 0.3) is 0 Å². The van der Waals surface area contributed by atoms with Crippen molar-refractivity contribution in [3.63, 3.8) is 0 Å². The summed E-state index contributed by atoms with van der Waals surface area (Å²) in [5, 5.41) is 0. The van der Waals surface area contributed by atoms with Crippen LogP contribution in [0, 0.1) is 6.92 Å². The van der Waals surface area contributed by atoms with Crippen molar-refractivity contribution in [2.24, 2.45) is 0 Å². The Bertz CT molecular complexity index is 375. The average molecular weight is 223 g/mol. The van der Waals surface area contributed by atoms with Crippen molar-refractivity contribution in [2.75, 3.05) is 5.73 Å². The van der Waals surface area contributed by atoms with E-state index in [1.807, 2.05) is 0 Å². The van der Waals surface area contributed by atoms with Crippen molar-refractivity contribution in [1.29, 1.82) is 0 Å². The first-order valence-electron chi connectivity index (χ1n) is 3.67. The third-order valence-corrected chi connectivity index (χ3v) is 2.87. The van der Waals surface area contributed by atoms with Gasteiger partial charge in [-0.1, -0.05) is 12.1 Å². The average Bonchev–Trinajstić information content (AvgIpc) is 2.07. The van der Waals surface area contributed by atoms with Gasteiger partial charge in [-0.25, -0.2) is 4.21 Å². The fraction of sp³-hybridized carbons (Fsp3) is 0.250. The fourth-order valence-corrected chi connectivity index (χ4v) is 1.75. The van der Waals surface area contributed by atoms with Crippen molar-refractivity contribution >= 4 is 16.5 Å². The highest BCUT2D eigenvalue weighted by molar-refractivity contribution is 7.86. The molecule has 78 valence electrons. The third-order valence-electron chi connectivity index (χ3n) is 1.69. The van der Waals surface area contributed by atoms with Crippen LogP contribution in [0.2, 0.25) is 0 Å². The Hall–Kier alpha value is -1.04. The molecular formula is C8H8F3NOS. The van der Waals surface area contributed by atoms with Gasteiger partial charge in [0.05, 0.1) is 10.6 Å². The van der Waals surface area contributed by atoms with Gasteiger partial charge in [0.1, 0.15) is 0 Å². The first-order valence-corrected chi connectivity index (χ1v) is 4.82. The van der Waals surface area contributed by atoms with Gasteiger partial charge in [-0.3, -0.25) is 0 Å². The van der Waals surface area contributed by atoms with Gasteiger partial charge in [-0.05, 0) is 18.6 Å². The zero-order valence-corrected chi connectivity index (χ0v) is 8.08. The molecule has 0 aromatic heterocycles. The predicted molar refractivity (Wildman–Crippen MR) is 48.1 cm³/mol. The molecule has 0 fully saturated rings. The van der Waals surface area contributed by atoms with Gasteiger partial charge in [0, 0.05) is 0 Å². The summed E-state index contributed by atoms with van der Waals surface area (Å²) < 4.78 is 47.2. The van der Waals surface area contributed by atoms with Crippen LogP contribution < -0.4 is 5.73 Å². The molecule has 0 aliphatic carbocycles. The van der Waals surface area contributed by atoms with Crippen molar-refractivity contribution in [1.82, 2.24) is 0 Å². The number of hydrogen-bond acceptors (Lipinski definition) is 2. The van der Waals surface area contributed by atoms with Gasteiger partial charge in [-0.15, -0.1) is 0 Å². The second-order valence-corrected chi connectivity index (χ2v) is 4.14. The van der Waals surface area contributed by atoms with E-state index in [1.54, 1.807) is 13.0 Å². The van der Waals surface area contributed by atoms with Crippen LogP contribution in [0.5, 0.6) is 0 Å². The number of halogens is 3. The molecule has 6 heteroatoms. The maximum Gasteiger partial charge on any atom is 0.475 e. The first-order chi connectivity index (χ1) is 6.34. The highest BCUT2D eigenvalue weighted by Gasteiger charge is 2.39. The Balaban J connectivity index is 3.21. The Morgan fingerprint density at radius 2 is 1.93 bits per heavy atom. The first kappa shape index (κ1) is 11.0. The number of rotatable bonds is 1. The number of nitrogens with two attached hydrogens (primary N) is 1. The summed E-state index contributed by atoms with van der Waals surface area (Å²) in [6.07, 6.45) is 0. The van der Waals surface area contributed by atoms with Crippen LogP contribution >= 0.6 is 0 Å². The molecule has 1 unspecified atom stereocenters. The SMILES string of the molecule is Cc1cccc(S(=O)C(F)(F)F)c1N. The van der Waals surface area contributed by atoms with Crippen LogP contribution in [0.1, 0.15) is 5.56 Å². The van der Waals surface area contributed by atoms with Crippen molar-refractivity contribution < 1.29 is 17.4 Å². The quantitative estimate of drug-likeness (QED) is 0.742. The lowest BCUT2D eigenvalue weighted by molar-refractivity contribution is -0.0384. The standard InChI is InChI=1S/C8H8F3NOS/c1-5-3-2-4-6(7(5)12)14(13)8(9,10)11/h2-4H,12H2,1H3. The lowest BCUT2D eigenvalue weighted by atomic mass is 10.2. The fourth-order valence-electron chi connectivity index (χ4n) is 0.940. The summed E-state index contributed by atoms with van der Waals surface area (Å²) in [5.74, 6) is 0. The van der Waals surface area contributed by atoms with Gasteiger partial charge in [0.2, 0.25) is 0 Å². The molecule has 1 aromatic rings. The predicted octanol–water partition coefficient (Wildman–Crippen LogP) is 2.20. The number of aryl methyl sites for hydroxylation is 1. The van der Waals surface area contributed by atoms with E-state index in [0.717, 1.165) is 6.07 Å². The Kier molecular flexibility index (Phi) is 2.84. The van der Waals surface area contributed by atoms with Crippen molar-refractivity contribution in [2.45, 2.75) is 17.3 Å². The number of alkyl halides is 3. The molecule has 0 amide bonds. The third kappa shape index (κ3) is 2.06. The van der Waals surface area contributed by atoms with E-state index < -0.39 is 16.3 Å². The Morgan fingerprint density at radius 3 is 2.43 bits per heavy atom. The van der Waals surface area contributed by atoms with Crippen LogP contribution in [0.15, 0.2) is 23.1 Å². The molecule has 0 aliphatic rings. The minimum absolute atomic E-state index is 0.0665. The van der Waals surface area contributed by atoms with Crippen molar-refractivity contribution in [3.8, 4) is 0 Å². The molecule has 1 rings (SSSR count). The van der Waals surface area contributed by atoms with E-state index in [-0.39, 0.29) is 10.6 Å². The zero-order chi connectivity index (χ0) is 10.9.